The molecule has 0 aromatic carbocycles. The Bertz CT molecular complexity index is 584. The molecule has 9 heteroatoms. The quantitative estimate of drug-likeness (QED) is 0.832. The lowest BCUT2D eigenvalue weighted by atomic mass is 10.3. The molecule has 21 heavy (non-hydrogen) atoms. The molecule has 1 saturated heterocycles. The molecule has 1 aliphatic rings. The molecule has 7 nitrogen and oxygen atoms in total. The number of ether oxygens (including phenoxy) is 1. The van der Waals surface area contributed by atoms with Crippen molar-refractivity contribution in [2.75, 3.05) is 43.1 Å². The smallest absolute Gasteiger partial charge is 0.225 e. The number of methoxy groups -OCH3 is 1. The zero-order valence-corrected chi connectivity index (χ0v) is 12.4. The van der Waals surface area contributed by atoms with Crippen LogP contribution in [0.15, 0.2) is 12.4 Å². The average molecular weight is 310 g/mol. The number of hydrogen-bond acceptors (Lipinski definition) is 8. The lowest BCUT2D eigenvalue weighted by molar-refractivity contribution is 0.179. The molecule has 112 valence electrons. The largest absolute Gasteiger partial charge is 0.377 e. The van der Waals surface area contributed by atoms with Crippen molar-refractivity contribution < 1.29 is 9.13 Å². The van der Waals surface area contributed by atoms with Crippen LogP contribution in [0.4, 0.5) is 15.5 Å². The molecule has 2 aromatic rings. The Labute approximate surface area is 125 Å². The van der Waals surface area contributed by atoms with Gasteiger partial charge in [-0.05, 0) is 0 Å². The monoisotopic (exact) mass is 310 g/mol. The molecule has 0 N–H and O–H groups in total. The first-order chi connectivity index (χ1) is 10.3. The molecule has 0 unspecified atom stereocenters. The van der Waals surface area contributed by atoms with E-state index in [1.807, 2.05) is 4.90 Å². The molecule has 0 spiro atoms. The first-order valence-electron chi connectivity index (χ1n) is 6.55. The summed E-state index contributed by atoms with van der Waals surface area (Å²) in [5.74, 6) is 0.854. The molecule has 3 heterocycles. The zero-order chi connectivity index (χ0) is 14.7. The highest BCUT2D eigenvalue weighted by Crippen LogP contribution is 2.20. The van der Waals surface area contributed by atoms with Gasteiger partial charge in [0.15, 0.2) is 11.6 Å². The Morgan fingerprint density at radius 1 is 1.19 bits per heavy atom. The third-order valence-electron chi connectivity index (χ3n) is 3.17. The summed E-state index contributed by atoms with van der Waals surface area (Å²) in [5.41, 5.74) is 0. The standard InChI is InChI=1S/C12H15FN6OS/c1-20-8-10-16-12(21-17-10)19-4-2-18(3-5-19)11-14-6-9(13)7-15-11/h6-7H,2-5,8H2,1H3. The van der Waals surface area contributed by atoms with E-state index in [2.05, 4.69) is 24.2 Å². The van der Waals surface area contributed by atoms with E-state index in [4.69, 9.17) is 4.74 Å². The predicted molar refractivity (Wildman–Crippen MR) is 77.0 cm³/mol. The Balaban J connectivity index is 1.60. The van der Waals surface area contributed by atoms with Crippen LogP contribution in [0.2, 0.25) is 0 Å². The fourth-order valence-corrected chi connectivity index (χ4v) is 2.85. The molecule has 0 saturated carbocycles. The van der Waals surface area contributed by atoms with E-state index in [-0.39, 0.29) is 0 Å². The van der Waals surface area contributed by atoms with Gasteiger partial charge < -0.3 is 14.5 Å². The molecule has 1 aliphatic heterocycles. The number of anilines is 2. The maximum atomic E-state index is 12.8. The maximum Gasteiger partial charge on any atom is 0.225 e. The Morgan fingerprint density at radius 3 is 2.52 bits per heavy atom. The summed E-state index contributed by atoms with van der Waals surface area (Å²) in [5, 5.41) is 0.904. The van der Waals surface area contributed by atoms with Gasteiger partial charge in [-0.1, -0.05) is 0 Å². The summed E-state index contributed by atoms with van der Waals surface area (Å²) in [4.78, 5) is 16.7. The van der Waals surface area contributed by atoms with E-state index in [9.17, 15) is 4.39 Å². The van der Waals surface area contributed by atoms with Crippen molar-refractivity contribution in [3.8, 4) is 0 Å². The van der Waals surface area contributed by atoms with Crippen molar-refractivity contribution in [3.05, 3.63) is 24.0 Å². The summed E-state index contributed by atoms with van der Waals surface area (Å²) < 4.78 is 22.1. The topological polar surface area (TPSA) is 67.3 Å². The third kappa shape index (κ3) is 3.24. The predicted octanol–water partition coefficient (Wildman–Crippen LogP) is 0.940. The fourth-order valence-electron chi connectivity index (χ4n) is 2.13. The number of hydrogen-bond donors (Lipinski definition) is 0. The minimum absolute atomic E-state index is 0.420. The van der Waals surface area contributed by atoms with Gasteiger partial charge in [-0.15, -0.1) is 0 Å². The molecule has 0 bridgehead atoms. The van der Waals surface area contributed by atoms with Crippen LogP contribution in [0.1, 0.15) is 5.82 Å². The summed E-state index contributed by atoms with van der Waals surface area (Å²) in [6, 6.07) is 0. The van der Waals surface area contributed by atoms with Crippen molar-refractivity contribution in [1.82, 2.24) is 19.3 Å². The lowest BCUT2D eigenvalue weighted by Gasteiger charge is -2.34. The van der Waals surface area contributed by atoms with Crippen LogP contribution in [0.5, 0.6) is 0 Å². The van der Waals surface area contributed by atoms with E-state index in [0.717, 1.165) is 31.3 Å². The number of nitrogens with zero attached hydrogens (tertiary/aromatic N) is 6. The van der Waals surface area contributed by atoms with Crippen molar-refractivity contribution in [3.63, 3.8) is 0 Å². The Morgan fingerprint density at radius 2 is 1.86 bits per heavy atom. The van der Waals surface area contributed by atoms with Gasteiger partial charge in [-0.25, -0.2) is 19.3 Å². The SMILES string of the molecule is COCc1nsc(N2CCN(c3ncc(F)cn3)CC2)n1. The first-order valence-corrected chi connectivity index (χ1v) is 7.32. The van der Waals surface area contributed by atoms with Crippen molar-refractivity contribution in [2.45, 2.75) is 6.61 Å². The van der Waals surface area contributed by atoms with Gasteiger partial charge in [-0.3, -0.25) is 0 Å². The molecule has 0 aliphatic carbocycles. The number of aromatic nitrogens is 4. The van der Waals surface area contributed by atoms with Crippen LogP contribution in [0.25, 0.3) is 0 Å². The van der Waals surface area contributed by atoms with Crippen LogP contribution >= 0.6 is 11.5 Å². The molecule has 0 radical (unpaired) electrons. The van der Waals surface area contributed by atoms with Gasteiger partial charge in [0, 0.05) is 44.8 Å². The van der Waals surface area contributed by atoms with Gasteiger partial charge in [-0.2, -0.15) is 4.37 Å². The van der Waals surface area contributed by atoms with E-state index in [1.54, 1.807) is 7.11 Å². The van der Waals surface area contributed by atoms with E-state index in [1.165, 1.54) is 23.9 Å². The second kappa shape index (κ2) is 6.27. The zero-order valence-electron chi connectivity index (χ0n) is 11.6. The second-order valence-electron chi connectivity index (χ2n) is 4.60. The minimum Gasteiger partial charge on any atom is -0.377 e. The number of halogens is 1. The molecular weight excluding hydrogens is 295 g/mol. The highest BCUT2D eigenvalue weighted by Gasteiger charge is 2.21. The summed E-state index contributed by atoms with van der Waals surface area (Å²) in [6.45, 7) is 3.58. The number of rotatable bonds is 4. The van der Waals surface area contributed by atoms with Crippen LogP contribution < -0.4 is 9.80 Å². The maximum absolute atomic E-state index is 12.8. The van der Waals surface area contributed by atoms with Crippen molar-refractivity contribution in [2.24, 2.45) is 0 Å². The fraction of sp³-hybridized carbons (Fsp3) is 0.500. The van der Waals surface area contributed by atoms with E-state index < -0.39 is 5.82 Å². The third-order valence-corrected chi connectivity index (χ3v) is 3.99. The average Bonchev–Trinajstić information content (AvgIpc) is 2.97. The molecule has 2 aromatic heterocycles. The molecule has 1 fully saturated rings. The van der Waals surface area contributed by atoms with E-state index >= 15 is 0 Å². The van der Waals surface area contributed by atoms with Gasteiger partial charge >= 0.3 is 0 Å². The van der Waals surface area contributed by atoms with Gasteiger partial charge in [0.25, 0.3) is 0 Å². The molecule has 0 atom stereocenters. The first kappa shape index (κ1) is 14.1. The molecular formula is C12H15FN6OS. The summed E-state index contributed by atoms with van der Waals surface area (Å²) >= 11 is 1.38. The highest BCUT2D eigenvalue weighted by atomic mass is 32.1. The number of piperazine rings is 1. The van der Waals surface area contributed by atoms with Crippen molar-refractivity contribution in [1.29, 1.82) is 0 Å². The minimum atomic E-state index is -0.420. The summed E-state index contributed by atoms with van der Waals surface area (Å²) in [6.07, 6.45) is 2.38. The highest BCUT2D eigenvalue weighted by molar-refractivity contribution is 7.09. The van der Waals surface area contributed by atoms with Crippen LogP contribution in [0.3, 0.4) is 0 Å². The Kier molecular flexibility index (Phi) is 4.20. The van der Waals surface area contributed by atoms with Gasteiger partial charge in [0.1, 0.15) is 6.61 Å². The van der Waals surface area contributed by atoms with E-state index in [0.29, 0.717) is 18.4 Å². The van der Waals surface area contributed by atoms with Crippen molar-refractivity contribution >= 4 is 22.6 Å². The van der Waals surface area contributed by atoms with Gasteiger partial charge in [0.2, 0.25) is 11.1 Å². The van der Waals surface area contributed by atoms with Crippen LogP contribution in [-0.4, -0.2) is 52.6 Å². The Hall–Kier alpha value is -1.87. The van der Waals surface area contributed by atoms with Crippen LogP contribution in [-0.2, 0) is 11.3 Å². The lowest BCUT2D eigenvalue weighted by Crippen LogP contribution is -2.47. The molecule has 0 amide bonds. The normalized spacial score (nSPS) is 15.5. The molecule has 3 rings (SSSR count). The summed E-state index contributed by atoms with van der Waals surface area (Å²) in [7, 11) is 1.63. The van der Waals surface area contributed by atoms with Crippen LogP contribution in [0, 0.1) is 5.82 Å². The van der Waals surface area contributed by atoms with Gasteiger partial charge in [0.05, 0.1) is 12.4 Å². The second-order valence-corrected chi connectivity index (χ2v) is 5.33.